The number of anilines is 1. The molecule has 1 amide bonds. The van der Waals surface area contributed by atoms with Crippen LogP contribution >= 0.6 is 0 Å². The molecular formula is C19H24N4O2. The third-order valence-electron chi connectivity index (χ3n) is 4.82. The highest BCUT2D eigenvalue weighted by Crippen LogP contribution is 2.27. The minimum atomic E-state index is -0.591. The van der Waals surface area contributed by atoms with Gasteiger partial charge in [0.25, 0.3) is 5.56 Å². The van der Waals surface area contributed by atoms with E-state index in [2.05, 4.69) is 15.3 Å². The number of nitrogens with zero attached hydrogens (tertiary/aromatic N) is 1. The molecule has 0 aliphatic heterocycles. The van der Waals surface area contributed by atoms with Gasteiger partial charge in [0.2, 0.25) is 5.91 Å². The minimum absolute atomic E-state index is 0.221. The molecule has 1 saturated carbocycles. The predicted molar refractivity (Wildman–Crippen MR) is 98.1 cm³/mol. The van der Waals surface area contributed by atoms with Crippen molar-refractivity contribution in [3.63, 3.8) is 0 Å². The standard InChI is InChI=1S/C19H24N4O2/c20-16(10-13-4-2-1-3-5-13)18(24)23-17-11-15(12-22-19(17)25)14-6-8-21-9-7-14/h6-9,11-13,16H,1-5,10,20H2,(H,22,25)(H,23,24)/t16-/m0/s1. The van der Waals surface area contributed by atoms with E-state index in [1.807, 2.05) is 12.1 Å². The molecule has 25 heavy (non-hydrogen) atoms. The molecule has 1 aliphatic carbocycles. The van der Waals surface area contributed by atoms with Gasteiger partial charge in [-0.25, -0.2) is 0 Å². The van der Waals surface area contributed by atoms with E-state index in [4.69, 9.17) is 5.73 Å². The first kappa shape index (κ1) is 17.4. The average molecular weight is 340 g/mol. The Kier molecular flexibility index (Phi) is 5.60. The summed E-state index contributed by atoms with van der Waals surface area (Å²) < 4.78 is 0. The second-order valence-corrected chi connectivity index (χ2v) is 6.70. The molecule has 2 aromatic heterocycles. The fourth-order valence-electron chi connectivity index (χ4n) is 3.40. The van der Waals surface area contributed by atoms with Crippen molar-refractivity contribution < 1.29 is 4.79 Å². The van der Waals surface area contributed by atoms with Crippen LogP contribution in [0.2, 0.25) is 0 Å². The fraction of sp³-hybridized carbons (Fsp3) is 0.421. The van der Waals surface area contributed by atoms with Gasteiger partial charge in [-0.3, -0.25) is 14.6 Å². The predicted octanol–water partition coefficient (Wildman–Crippen LogP) is 2.67. The van der Waals surface area contributed by atoms with Crippen LogP contribution in [-0.2, 0) is 4.79 Å². The molecule has 0 spiro atoms. The molecule has 2 heterocycles. The summed E-state index contributed by atoms with van der Waals surface area (Å²) in [6, 6.07) is 4.76. The second kappa shape index (κ2) is 8.07. The van der Waals surface area contributed by atoms with E-state index in [0.717, 1.165) is 24.0 Å². The van der Waals surface area contributed by atoms with Crippen LogP contribution in [-0.4, -0.2) is 21.9 Å². The van der Waals surface area contributed by atoms with Crippen LogP contribution < -0.4 is 16.6 Å². The Morgan fingerprint density at radius 3 is 2.68 bits per heavy atom. The lowest BCUT2D eigenvalue weighted by Crippen LogP contribution is -2.38. The number of aromatic nitrogens is 2. The highest BCUT2D eigenvalue weighted by atomic mass is 16.2. The van der Waals surface area contributed by atoms with Crippen LogP contribution in [0.25, 0.3) is 11.1 Å². The van der Waals surface area contributed by atoms with E-state index in [1.54, 1.807) is 24.7 Å². The first-order chi connectivity index (χ1) is 12.1. The normalized spacial score (nSPS) is 16.4. The number of nitrogens with two attached hydrogens (primary N) is 1. The summed E-state index contributed by atoms with van der Waals surface area (Å²) in [4.78, 5) is 31.1. The zero-order valence-corrected chi connectivity index (χ0v) is 14.2. The van der Waals surface area contributed by atoms with Crippen LogP contribution in [0, 0.1) is 5.92 Å². The zero-order valence-electron chi connectivity index (χ0n) is 14.2. The first-order valence-electron chi connectivity index (χ1n) is 8.83. The number of H-pyrrole nitrogens is 1. The number of hydrogen-bond donors (Lipinski definition) is 3. The van der Waals surface area contributed by atoms with Crippen molar-refractivity contribution in [3.8, 4) is 11.1 Å². The zero-order chi connectivity index (χ0) is 17.6. The van der Waals surface area contributed by atoms with Gasteiger partial charge in [0.15, 0.2) is 0 Å². The maximum absolute atomic E-state index is 12.4. The van der Waals surface area contributed by atoms with Crippen molar-refractivity contribution in [2.75, 3.05) is 5.32 Å². The van der Waals surface area contributed by atoms with E-state index in [-0.39, 0.29) is 17.2 Å². The van der Waals surface area contributed by atoms with Gasteiger partial charge < -0.3 is 16.0 Å². The largest absolute Gasteiger partial charge is 0.327 e. The minimum Gasteiger partial charge on any atom is -0.327 e. The van der Waals surface area contributed by atoms with Crippen LogP contribution in [0.15, 0.2) is 41.6 Å². The maximum atomic E-state index is 12.4. The lowest BCUT2D eigenvalue weighted by Gasteiger charge is -2.24. The lowest BCUT2D eigenvalue weighted by molar-refractivity contribution is -0.117. The quantitative estimate of drug-likeness (QED) is 0.779. The third-order valence-corrected chi connectivity index (χ3v) is 4.82. The molecule has 132 valence electrons. The van der Waals surface area contributed by atoms with Crippen LogP contribution in [0.3, 0.4) is 0 Å². The molecule has 0 saturated heterocycles. The SMILES string of the molecule is N[C@@H](CC1CCCCC1)C(=O)Nc1cc(-c2ccncc2)c[nH]c1=O. The van der Waals surface area contributed by atoms with E-state index in [1.165, 1.54) is 19.3 Å². The van der Waals surface area contributed by atoms with Crippen LogP contribution in [0.5, 0.6) is 0 Å². The number of aromatic amines is 1. The Balaban J connectivity index is 1.69. The Hall–Kier alpha value is -2.47. The first-order valence-corrected chi connectivity index (χ1v) is 8.83. The topological polar surface area (TPSA) is 101 Å². The van der Waals surface area contributed by atoms with Gasteiger partial charge in [0.05, 0.1) is 6.04 Å². The molecule has 1 atom stereocenters. The van der Waals surface area contributed by atoms with Crippen molar-refractivity contribution in [1.29, 1.82) is 0 Å². The second-order valence-electron chi connectivity index (χ2n) is 6.70. The summed E-state index contributed by atoms with van der Waals surface area (Å²) >= 11 is 0. The van der Waals surface area contributed by atoms with Gasteiger partial charge in [-0.1, -0.05) is 32.1 Å². The number of hydrogen-bond acceptors (Lipinski definition) is 4. The van der Waals surface area contributed by atoms with Crippen molar-refractivity contribution in [2.24, 2.45) is 11.7 Å². The summed E-state index contributed by atoms with van der Waals surface area (Å²) in [7, 11) is 0. The maximum Gasteiger partial charge on any atom is 0.271 e. The van der Waals surface area contributed by atoms with Gasteiger partial charge in [0, 0.05) is 24.2 Å². The summed E-state index contributed by atoms with van der Waals surface area (Å²) in [5.74, 6) is 0.207. The molecular weight excluding hydrogens is 316 g/mol. The smallest absolute Gasteiger partial charge is 0.271 e. The monoisotopic (exact) mass is 340 g/mol. The molecule has 0 radical (unpaired) electrons. The Labute approximate surface area is 146 Å². The molecule has 3 rings (SSSR count). The number of amides is 1. The van der Waals surface area contributed by atoms with Gasteiger partial charge in [0.1, 0.15) is 5.69 Å². The van der Waals surface area contributed by atoms with Crippen LogP contribution in [0.4, 0.5) is 5.69 Å². The number of carbonyl (C=O) groups excluding carboxylic acids is 1. The van der Waals surface area contributed by atoms with Gasteiger partial charge in [-0.05, 0) is 36.1 Å². The fourth-order valence-corrected chi connectivity index (χ4v) is 3.40. The highest BCUT2D eigenvalue weighted by molar-refractivity contribution is 5.95. The summed E-state index contributed by atoms with van der Waals surface area (Å²) in [6.45, 7) is 0. The molecule has 4 N–H and O–H groups in total. The Bertz CT molecular complexity index is 766. The van der Waals surface area contributed by atoms with Gasteiger partial charge in [-0.15, -0.1) is 0 Å². The molecule has 1 fully saturated rings. The third kappa shape index (κ3) is 4.54. The Morgan fingerprint density at radius 1 is 1.24 bits per heavy atom. The van der Waals surface area contributed by atoms with E-state index in [9.17, 15) is 9.59 Å². The molecule has 0 unspecified atom stereocenters. The summed E-state index contributed by atoms with van der Waals surface area (Å²) in [6.07, 6.45) is 11.6. The number of nitrogens with one attached hydrogen (secondary N) is 2. The molecule has 0 bridgehead atoms. The van der Waals surface area contributed by atoms with Gasteiger partial charge >= 0.3 is 0 Å². The molecule has 2 aromatic rings. The van der Waals surface area contributed by atoms with E-state index in [0.29, 0.717) is 12.3 Å². The van der Waals surface area contributed by atoms with Gasteiger partial charge in [-0.2, -0.15) is 0 Å². The summed E-state index contributed by atoms with van der Waals surface area (Å²) in [5.41, 5.74) is 7.66. The number of carbonyl (C=O) groups is 1. The average Bonchev–Trinajstić information content (AvgIpc) is 2.65. The Morgan fingerprint density at radius 2 is 1.96 bits per heavy atom. The van der Waals surface area contributed by atoms with E-state index < -0.39 is 6.04 Å². The van der Waals surface area contributed by atoms with E-state index >= 15 is 0 Å². The number of rotatable bonds is 5. The molecule has 0 aromatic carbocycles. The van der Waals surface area contributed by atoms with Crippen molar-refractivity contribution in [1.82, 2.24) is 9.97 Å². The van der Waals surface area contributed by atoms with Crippen molar-refractivity contribution in [3.05, 3.63) is 47.1 Å². The molecule has 6 nitrogen and oxygen atoms in total. The number of pyridine rings is 2. The van der Waals surface area contributed by atoms with Crippen LogP contribution in [0.1, 0.15) is 38.5 Å². The highest BCUT2D eigenvalue weighted by Gasteiger charge is 2.22. The van der Waals surface area contributed by atoms with Crippen molar-refractivity contribution >= 4 is 11.6 Å². The lowest BCUT2D eigenvalue weighted by atomic mass is 9.85. The summed E-state index contributed by atoms with van der Waals surface area (Å²) in [5, 5.41) is 2.69. The molecule has 6 heteroatoms. The molecule has 1 aliphatic rings. The van der Waals surface area contributed by atoms with Crippen molar-refractivity contribution in [2.45, 2.75) is 44.6 Å².